The number of pyridine rings is 1. The summed E-state index contributed by atoms with van der Waals surface area (Å²) in [5, 5.41) is 0. The van der Waals surface area contributed by atoms with E-state index in [0.717, 1.165) is 10.0 Å². The van der Waals surface area contributed by atoms with Crippen LogP contribution in [0.25, 0.3) is 0 Å². The molecular formula is C16H17BrN2O. The van der Waals surface area contributed by atoms with E-state index in [1.807, 2.05) is 49.1 Å². The Balaban J connectivity index is 2.23. The minimum atomic E-state index is -0.00217. The molecule has 0 saturated carbocycles. The normalized spacial score (nSPS) is 10.6. The fraction of sp³-hybridized carbons (Fsp3) is 0.250. The number of nitrogens with zero attached hydrogens (tertiary/aromatic N) is 2. The molecule has 0 unspecified atom stereocenters. The lowest BCUT2D eigenvalue weighted by molar-refractivity contribution is 0.0690. The first-order valence-electron chi connectivity index (χ1n) is 6.53. The Morgan fingerprint density at radius 3 is 2.55 bits per heavy atom. The molecule has 1 aromatic heterocycles. The van der Waals surface area contributed by atoms with Crippen LogP contribution in [-0.2, 0) is 6.54 Å². The van der Waals surface area contributed by atoms with Crippen LogP contribution < -0.4 is 0 Å². The zero-order chi connectivity index (χ0) is 14.5. The predicted molar refractivity (Wildman–Crippen MR) is 83.4 cm³/mol. The first kappa shape index (κ1) is 14.7. The van der Waals surface area contributed by atoms with Crippen LogP contribution in [0.4, 0.5) is 0 Å². The standard InChI is InChI=1S/C16H17BrN2O/c1-12(2)19(11-13-6-4-3-5-7-13)16(20)14-8-15(17)10-18-9-14/h3-10,12H,11H2,1-2H3. The first-order chi connectivity index (χ1) is 9.58. The molecule has 0 aliphatic heterocycles. The van der Waals surface area contributed by atoms with Crippen LogP contribution in [0.5, 0.6) is 0 Å². The van der Waals surface area contributed by atoms with Crippen molar-refractivity contribution in [3.05, 3.63) is 64.4 Å². The maximum absolute atomic E-state index is 12.6. The van der Waals surface area contributed by atoms with Crippen LogP contribution in [0.15, 0.2) is 53.3 Å². The van der Waals surface area contributed by atoms with Crippen LogP contribution in [0, 0.1) is 0 Å². The minimum absolute atomic E-state index is 0.00217. The van der Waals surface area contributed by atoms with Crippen molar-refractivity contribution in [3.63, 3.8) is 0 Å². The van der Waals surface area contributed by atoms with Gasteiger partial charge in [-0.2, -0.15) is 0 Å². The number of carbonyl (C=O) groups is 1. The van der Waals surface area contributed by atoms with Crippen LogP contribution in [0.2, 0.25) is 0 Å². The summed E-state index contributed by atoms with van der Waals surface area (Å²) in [6.45, 7) is 4.64. The lowest BCUT2D eigenvalue weighted by Crippen LogP contribution is -2.36. The van der Waals surface area contributed by atoms with Gasteiger partial charge >= 0.3 is 0 Å². The monoisotopic (exact) mass is 332 g/mol. The summed E-state index contributed by atoms with van der Waals surface area (Å²) in [5.74, 6) is -0.00217. The molecule has 104 valence electrons. The largest absolute Gasteiger partial charge is 0.332 e. The molecule has 1 aromatic carbocycles. The summed E-state index contributed by atoms with van der Waals surface area (Å²) in [7, 11) is 0. The van der Waals surface area contributed by atoms with E-state index in [9.17, 15) is 4.79 Å². The molecule has 0 bridgehead atoms. The smallest absolute Gasteiger partial charge is 0.255 e. The van der Waals surface area contributed by atoms with E-state index in [4.69, 9.17) is 0 Å². The quantitative estimate of drug-likeness (QED) is 0.850. The number of hydrogen-bond donors (Lipinski definition) is 0. The van der Waals surface area contributed by atoms with Crippen molar-refractivity contribution in [1.82, 2.24) is 9.88 Å². The fourth-order valence-corrected chi connectivity index (χ4v) is 2.33. The van der Waals surface area contributed by atoms with E-state index in [2.05, 4.69) is 20.9 Å². The van der Waals surface area contributed by atoms with Gasteiger partial charge < -0.3 is 4.90 Å². The molecule has 2 rings (SSSR count). The van der Waals surface area contributed by atoms with Crippen LogP contribution in [0.3, 0.4) is 0 Å². The van der Waals surface area contributed by atoms with E-state index in [0.29, 0.717) is 12.1 Å². The Hall–Kier alpha value is -1.68. The van der Waals surface area contributed by atoms with Crippen molar-refractivity contribution in [2.24, 2.45) is 0 Å². The highest BCUT2D eigenvalue weighted by molar-refractivity contribution is 9.10. The van der Waals surface area contributed by atoms with Crippen LogP contribution in [-0.4, -0.2) is 21.8 Å². The molecule has 0 atom stereocenters. The molecule has 0 saturated heterocycles. The summed E-state index contributed by atoms with van der Waals surface area (Å²) in [4.78, 5) is 18.5. The van der Waals surface area contributed by atoms with E-state index >= 15 is 0 Å². The minimum Gasteiger partial charge on any atom is -0.332 e. The number of amides is 1. The van der Waals surface area contributed by atoms with Crippen molar-refractivity contribution >= 4 is 21.8 Å². The number of aromatic nitrogens is 1. The maximum atomic E-state index is 12.6. The highest BCUT2D eigenvalue weighted by Crippen LogP contribution is 2.15. The second-order valence-electron chi connectivity index (χ2n) is 4.90. The topological polar surface area (TPSA) is 33.2 Å². The lowest BCUT2D eigenvalue weighted by Gasteiger charge is -2.27. The molecule has 0 aliphatic carbocycles. The van der Waals surface area contributed by atoms with E-state index in [1.165, 1.54) is 0 Å². The van der Waals surface area contributed by atoms with Crippen molar-refractivity contribution in [2.75, 3.05) is 0 Å². The molecule has 0 N–H and O–H groups in total. The Morgan fingerprint density at radius 1 is 1.25 bits per heavy atom. The van der Waals surface area contributed by atoms with Crippen molar-refractivity contribution in [1.29, 1.82) is 0 Å². The van der Waals surface area contributed by atoms with Crippen molar-refractivity contribution < 1.29 is 4.79 Å². The second kappa shape index (κ2) is 6.66. The summed E-state index contributed by atoms with van der Waals surface area (Å²) in [6, 6.07) is 11.9. The molecule has 4 heteroatoms. The number of halogens is 1. The summed E-state index contributed by atoms with van der Waals surface area (Å²) >= 11 is 3.35. The predicted octanol–water partition coefficient (Wildman–Crippen LogP) is 3.89. The van der Waals surface area contributed by atoms with Gasteiger partial charge in [-0.25, -0.2) is 0 Å². The van der Waals surface area contributed by atoms with Crippen molar-refractivity contribution in [3.8, 4) is 0 Å². The molecule has 2 aromatic rings. The van der Waals surface area contributed by atoms with Crippen molar-refractivity contribution in [2.45, 2.75) is 26.4 Å². The average molecular weight is 333 g/mol. The van der Waals surface area contributed by atoms with Gasteiger partial charge in [-0.1, -0.05) is 30.3 Å². The number of benzene rings is 1. The average Bonchev–Trinajstić information content (AvgIpc) is 2.45. The molecule has 1 heterocycles. The molecule has 1 amide bonds. The van der Waals surface area contributed by atoms with Gasteiger partial charge in [-0.05, 0) is 41.4 Å². The number of carbonyl (C=O) groups excluding carboxylic acids is 1. The number of hydrogen-bond acceptors (Lipinski definition) is 2. The third-order valence-electron chi connectivity index (χ3n) is 3.03. The second-order valence-corrected chi connectivity index (χ2v) is 5.82. The number of rotatable bonds is 4. The molecular weight excluding hydrogens is 316 g/mol. The molecule has 0 radical (unpaired) electrons. The summed E-state index contributed by atoms with van der Waals surface area (Å²) in [6.07, 6.45) is 3.28. The van der Waals surface area contributed by atoms with Crippen LogP contribution in [0.1, 0.15) is 29.8 Å². The molecule has 0 aliphatic rings. The maximum Gasteiger partial charge on any atom is 0.255 e. The molecule has 0 spiro atoms. The van der Waals surface area contributed by atoms with Gasteiger partial charge in [0.15, 0.2) is 0 Å². The van der Waals surface area contributed by atoms with Gasteiger partial charge in [0.05, 0.1) is 5.56 Å². The highest BCUT2D eigenvalue weighted by Gasteiger charge is 2.19. The van der Waals surface area contributed by atoms with Gasteiger partial charge in [0, 0.05) is 29.5 Å². The van der Waals surface area contributed by atoms with E-state index in [-0.39, 0.29) is 11.9 Å². The Labute approximate surface area is 127 Å². The molecule has 20 heavy (non-hydrogen) atoms. The fourth-order valence-electron chi connectivity index (χ4n) is 1.96. The van der Waals surface area contributed by atoms with Gasteiger partial charge in [-0.15, -0.1) is 0 Å². The molecule has 3 nitrogen and oxygen atoms in total. The van der Waals surface area contributed by atoms with Gasteiger partial charge in [0.25, 0.3) is 5.91 Å². The summed E-state index contributed by atoms with van der Waals surface area (Å²) < 4.78 is 0.812. The van der Waals surface area contributed by atoms with Crippen LogP contribution >= 0.6 is 15.9 Å². The Kier molecular flexibility index (Phi) is 4.90. The van der Waals surface area contributed by atoms with Gasteiger partial charge in [0.2, 0.25) is 0 Å². The third kappa shape index (κ3) is 3.67. The van der Waals surface area contributed by atoms with E-state index in [1.54, 1.807) is 18.5 Å². The Morgan fingerprint density at radius 2 is 1.95 bits per heavy atom. The van der Waals surface area contributed by atoms with E-state index < -0.39 is 0 Å². The third-order valence-corrected chi connectivity index (χ3v) is 3.47. The lowest BCUT2D eigenvalue weighted by atomic mass is 10.1. The highest BCUT2D eigenvalue weighted by atomic mass is 79.9. The Bertz CT molecular complexity index is 584. The van der Waals surface area contributed by atoms with Gasteiger partial charge in [-0.3, -0.25) is 9.78 Å². The van der Waals surface area contributed by atoms with Gasteiger partial charge in [0.1, 0.15) is 0 Å². The zero-order valence-corrected chi connectivity index (χ0v) is 13.2. The summed E-state index contributed by atoms with van der Waals surface area (Å²) in [5.41, 5.74) is 1.72. The molecule has 0 fully saturated rings. The zero-order valence-electron chi connectivity index (χ0n) is 11.6. The first-order valence-corrected chi connectivity index (χ1v) is 7.32. The SMILES string of the molecule is CC(C)N(Cc1ccccc1)C(=O)c1cncc(Br)c1.